The first kappa shape index (κ1) is 18.9. The van der Waals surface area contributed by atoms with Crippen LogP contribution in [0.4, 0.5) is 11.4 Å². The van der Waals surface area contributed by atoms with Gasteiger partial charge in [0.05, 0.1) is 12.2 Å². The molecule has 142 valence electrons. The molecule has 2 aromatic carbocycles. The number of ether oxygens (including phenoxy) is 2. The number of fused-ring (bicyclic) bond motifs is 1. The van der Waals surface area contributed by atoms with Crippen LogP contribution in [0.15, 0.2) is 42.5 Å². The van der Waals surface area contributed by atoms with Gasteiger partial charge in [-0.15, -0.1) is 0 Å². The van der Waals surface area contributed by atoms with Gasteiger partial charge in [0.2, 0.25) is 0 Å². The molecular formula is C21H24N2O4. The molecule has 1 heterocycles. The SMILES string of the molecule is CCOc1ccccc1C(=O)Nc1ccc2c(c1)N(C(=O)COC)CCC2. The predicted molar refractivity (Wildman–Crippen MR) is 105 cm³/mol. The summed E-state index contributed by atoms with van der Waals surface area (Å²) >= 11 is 0. The van der Waals surface area contributed by atoms with Gasteiger partial charge in [-0.1, -0.05) is 18.2 Å². The van der Waals surface area contributed by atoms with E-state index in [0.29, 0.717) is 30.2 Å². The first-order chi connectivity index (χ1) is 13.1. The van der Waals surface area contributed by atoms with Crippen LogP contribution in [-0.4, -0.2) is 38.7 Å². The number of methoxy groups -OCH3 is 1. The molecule has 0 saturated heterocycles. The first-order valence-corrected chi connectivity index (χ1v) is 9.09. The molecule has 0 unspecified atom stereocenters. The summed E-state index contributed by atoms with van der Waals surface area (Å²) in [4.78, 5) is 26.8. The average Bonchev–Trinajstić information content (AvgIpc) is 2.68. The van der Waals surface area contributed by atoms with Gasteiger partial charge in [-0.25, -0.2) is 0 Å². The summed E-state index contributed by atoms with van der Waals surface area (Å²) in [7, 11) is 1.51. The Bertz CT molecular complexity index is 835. The van der Waals surface area contributed by atoms with Gasteiger partial charge in [0.15, 0.2) is 0 Å². The lowest BCUT2D eigenvalue weighted by Crippen LogP contribution is -2.37. The highest BCUT2D eigenvalue weighted by Gasteiger charge is 2.23. The number of para-hydroxylation sites is 1. The maximum atomic E-state index is 12.7. The predicted octanol–water partition coefficient (Wildman–Crippen LogP) is 3.26. The van der Waals surface area contributed by atoms with Crippen LogP contribution in [-0.2, 0) is 16.0 Å². The number of nitrogens with zero attached hydrogens (tertiary/aromatic N) is 1. The zero-order valence-electron chi connectivity index (χ0n) is 15.7. The molecule has 2 aromatic rings. The Morgan fingerprint density at radius 3 is 2.78 bits per heavy atom. The maximum Gasteiger partial charge on any atom is 0.259 e. The second-order valence-electron chi connectivity index (χ2n) is 6.31. The molecule has 1 N–H and O–H groups in total. The molecule has 6 heteroatoms. The van der Waals surface area contributed by atoms with E-state index in [1.165, 1.54) is 7.11 Å². The molecule has 1 aliphatic rings. The van der Waals surface area contributed by atoms with Crippen LogP contribution in [0.1, 0.15) is 29.3 Å². The Morgan fingerprint density at radius 1 is 1.19 bits per heavy atom. The summed E-state index contributed by atoms with van der Waals surface area (Å²) in [5, 5.41) is 2.91. The molecule has 27 heavy (non-hydrogen) atoms. The largest absolute Gasteiger partial charge is 0.493 e. The summed E-state index contributed by atoms with van der Waals surface area (Å²) in [5.41, 5.74) is 3.05. The van der Waals surface area contributed by atoms with E-state index >= 15 is 0 Å². The van der Waals surface area contributed by atoms with Crippen molar-refractivity contribution in [2.24, 2.45) is 0 Å². The van der Waals surface area contributed by atoms with Crippen molar-refractivity contribution in [1.29, 1.82) is 0 Å². The minimum Gasteiger partial charge on any atom is -0.493 e. The van der Waals surface area contributed by atoms with E-state index in [4.69, 9.17) is 9.47 Å². The lowest BCUT2D eigenvalue weighted by molar-refractivity contribution is -0.122. The van der Waals surface area contributed by atoms with Gasteiger partial charge in [0.25, 0.3) is 11.8 Å². The van der Waals surface area contributed by atoms with Gasteiger partial charge in [-0.3, -0.25) is 9.59 Å². The number of amides is 2. The number of rotatable bonds is 6. The molecular weight excluding hydrogens is 344 g/mol. The molecule has 1 aliphatic heterocycles. The third-order valence-electron chi connectivity index (χ3n) is 4.46. The average molecular weight is 368 g/mol. The molecule has 0 atom stereocenters. The lowest BCUT2D eigenvalue weighted by Gasteiger charge is -2.30. The molecule has 2 amide bonds. The Kier molecular flexibility index (Phi) is 6.08. The fraction of sp³-hybridized carbons (Fsp3) is 0.333. The van der Waals surface area contributed by atoms with E-state index in [-0.39, 0.29) is 18.4 Å². The minimum absolute atomic E-state index is 0.0394. The number of carbonyl (C=O) groups is 2. The summed E-state index contributed by atoms with van der Waals surface area (Å²) in [6, 6.07) is 12.8. The normalized spacial score (nSPS) is 13.0. The summed E-state index contributed by atoms with van der Waals surface area (Å²) in [6.07, 6.45) is 1.82. The van der Waals surface area contributed by atoms with Crippen LogP contribution in [0.3, 0.4) is 0 Å². The van der Waals surface area contributed by atoms with Crippen LogP contribution in [0, 0.1) is 0 Å². The topological polar surface area (TPSA) is 67.9 Å². The van der Waals surface area contributed by atoms with E-state index in [1.807, 2.05) is 31.2 Å². The summed E-state index contributed by atoms with van der Waals surface area (Å²) < 4.78 is 10.5. The van der Waals surface area contributed by atoms with Gasteiger partial charge in [-0.2, -0.15) is 0 Å². The van der Waals surface area contributed by atoms with E-state index in [0.717, 1.165) is 24.1 Å². The van der Waals surface area contributed by atoms with Gasteiger partial charge in [0.1, 0.15) is 12.4 Å². The van der Waals surface area contributed by atoms with Crippen molar-refractivity contribution in [3.8, 4) is 5.75 Å². The zero-order chi connectivity index (χ0) is 19.2. The third-order valence-corrected chi connectivity index (χ3v) is 4.46. The molecule has 3 rings (SSSR count). The number of benzene rings is 2. The van der Waals surface area contributed by atoms with E-state index in [2.05, 4.69) is 5.32 Å². The maximum absolute atomic E-state index is 12.7. The molecule has 0 fully saturated rings. The standard InChI is InChI=1S/C21H24N2O4/c1-3-27-19-9-5-4-8-17(19)21(25)22-16-11-10-15-7-6-12-23(18(15)13-16)20(24)14-26-2/h4-5,8-11,13H,3,6-7,12,14H2,1-2H3,(H,22,25). The first-order valence-electron chi connectivity index (χ1n) is 9.09. The van der Waals surface area contributed by atoms with E-state index in [1.54, 1.807) is 23.1 Å². The van der Waals surface area contributed by atoms with Crippen LogP contribution in [0.2, 0.25) is 0 Å². The molecule has 0 saturated carbocycles. The molecule has 0 bridgehead atoms. The smallest absolute Gasteiger partial charge is 0.259 e. The number of anilines is 2. The zero-order valence-corrected chi connectivity index (χ0v) is 15.7. The Labute approximate surface area is 159 Å². The minimum atomic E-state index is -0.246. The third kappa shape index (κ3) is 4.28. The molecule has 0 spiro atoms. The second kappa shape index (κ2) is 8.68. The molecule has 0 radical (unpaired) electrons. The highest BCUT2D eigenvalue weighted by molar-refractivity contribution is 6.06. The fourth-order valence-electron chi connectivity index (χ4n) is 3.25. The van der Waals surface area contributed by atoms with E-state index < -0.39 is 0 Å². The molecule has 0 aromatic heterocycles. The number of aryl methyl sites for hydroxylation is 1. The van der Waals surface area contributed by atoms with Gasteiger partial charge < -0.3 is 19.7 Å². The van der Waals surface area contributed by atoms with Crippen LogP contribution >= 0.6 is 0 Å². The van der Waals surface area contributed by atoms with Gasteiger partial charge in [0, 0.05) is 25.0 Å². The number of hydrogen-bond donors (Lipinski definition) is 1. The summed E-state index contributed by atoms with van der Waals surface area (Å²) in [6.45, 7) is 3.06. The summed E-state index contributed by atoms with van der Waals surface area (Å²) in [5.74, 6) is 0.223. The molecule has 6 nitrogen and oxygen atoms in total. The van der Waals surface area contributed by atoms with Crippen molar-refractivity contribution in [2.45, 2.75) is 19.8 Å². The number of carbonyl (C=O) groups excluding carboxylic acids is 2. The van der Waals surface area contributed by atoms with Crippen molar-refractivity contribution < 1.29 is 19.1 Å². The van der Waals surface area contributed by atoms with Crippen LogP contribution in [0.25, 0.3) is 0 Å². The Balaban J connectivity index is 1.84. The second-order valence-corrected chi connectivity index (χ2v) is 6.31. The van der Waals surface area contributed by atoms with Crippen LogP contribution < -0.4 is 15.0 Å². The highest BCUT2D eigenvalue weighted by atomic mass is 16.5. The van der Waals surface area contributed by atoms with Crippen molar-refractivity contribution in [3.05, 3.63) is 53.6 Å². The monoisotopic (exact) mass is 368 g/mol. The Morgan fingerprint density at radius 2 is 2.00 bits per heavy atom. The fourth-order valence-corrected chi connectivity index (χ4v) is 3.25. The Hall–Kier alpha value is -2.86. The van der Waals surface area contributed by atoms with Crippen molar-refractivity contribution >= 4 is 23.2 Å². The molecule has 0 aliphatic carbocycles. The van der Waals surface area contributed by atoms with E-state index in [9.17, 15) is 9.59 Å². The number of nitrogens with one attached hydrogen (secondary N) is 1. The number of hydrogen-bond acceptors (Lipinski definition) is 4. The van der Waals surface area contributed by atoms with Gasteiger partial charge in [-0.05, 0) is 49.6 Å². The van der Waals surface area contributed by atoms with Gasteiger partial charge >= 0.3 is 0 Å². The van der Waals surface area contributed by atoms with Crippen molar-refractivity contribution in [3.63, 3.8) is 0 Å². The van der Waals surface area contributed by atoms with Crippen LogP contribution in [0.5, 0.6) is 5.75 Å². The van der Waals surface area contributed by atoms with Crippen molar-refractivity contribution in [1.82, 2.24) is 0 Å². The highest BCUT2D eigenvalue weighted by Crippen LogP contribution is 2.31. The lowest BCUT2D eigenvalue weighted by atomic mass is 10.0. The van der Waals surface area contributed by atoms with Crippen molar-refractivity contribution in [2.75, 3.05) is 37.1 Å². The quantitative estimate of drug-likeness (QED) is 0.850.